The second-order valence-corrected chi connectivity index (χ2v) is 3.87. The lowest BCUT2D eigenvalue weighted by molar-refractivity contribution is 0.285. The van der Waals surface area contributed by atoms with Crippen molar-refractivity contribution >= 4 is 5.69 Å². The van der Waals surface area contributed by atoms with Gasteiger partial charge in [-0.3, -0.25) is 0 Å². The first-order valence-corrected chi connectivity index (χ1v) is 5.69. The van der Waals surface area contributed by atoms with Crippen LogP contribution < -0.4 is 4.90 Å². The summed E-state index contributed by atoms with van der Waals surface area (Å²) in [5, 5.41) is 8.70. The molecule has 0 spiro atoms. The van der Waals surface area contributed by atoms with Crippen LogP contribution in [0.5, 0.6) is 0 Å². The topological polar surface area (TPSA) is 23.5 Å². The molecule has 0 fully saturated rings. The fraction of sp³-hybridized carbons (Fsp3) is 0.538. The van der Waals surface area contributed by atoms with E-state index in [0.29, 0.717) is 6.61 Å². The van der Waals surface area contributed by atoms with Crippen molar-refractivity contribution < 1.29 is 5.11 Å². The van der Waals surface area contributed by atoms with Crippen molar-refractivity contribution in [1.29, 1.82) is 0 Å². The summed E-state index contributed by atoms with van der Waals surface area (Å²) in [5.41, 5.74) is 2.63. The highest BCUT2D eigenvalue weighted by molar-refractivity contribution is 5.46. The van der Waals surface area contributed by atoms with Crippen LogP contribution in [0.15, 0.2) is 24.3 Å². The Kier molecular flexibility index (Phi) is 5.19. The Morgan fingerprint density at radius 1 is 1.13 bits per heavy atom. The van der Waals surface area contributed by atoms with E-state index in [1.54, 1.807) is 0 Å². The Morgan fingerprint density at radius 3 is 2.33 bits per heavy atom. The molecule has 0 saturated carbocycles. The van der Waals surface area contributed by atoms with Gasteiger partial charge in [0.05, 0.1) is 0 Å². The molecule has 1 aromatic rings. The van der Waals surface area contributed by atoms with Crippen molar-refractivity contribution in [2.45, 2.75) is 26.2 Å². The van der Waals surface area contributed by atoms with Crippen LogP contribution in [0.25, 0.3) is 0 Å². The number of unbranched alkanes of at least 4 members (excludes halogenated alkanes) is 1. The maximum atomic E-state index is 8.70. The Bertz CT molecular complexity index is 268. The van der Waals surface area contributed by atoms with E-state index in [2.05, 4.69) is 43.1 Å². The zero-order chi connectivity index (χ0) is 11.1. The average Bonchev–Trinajstić information content (AvgIpc) is 2.29. The Labute approximate surface area is 92.5 Å². The maximum Gasteiger partial charge on any atom is 0.0431 e. The number of aliphatic hydroxyl groups is 1. The quantitative estimate of drug-likeness (QED) is 0.724. The van der Waals surface area contributed by atoms with E-state index >= 15 is 0 Å². The molecule has 0 aliphatic carbocycles. The molecule has 0 atom stereocenters. The lowest BCUT2D eigenvalue weighted by Gasteiger charge is -2.19. The molecule has 1 rings (SSSR count). The second kappa shape index (κ2) is 6.46. The normalized spacial score (nSPS) is 10.3. The van der Waals surface area contributed by atoms with Gasteiger partial charge < -0.3 is 10.0 Å². The van der Waals surface area contributed by atoms with Gasteiger partial charge in [0.15, 0.2) is 0 Å². The molecule has 0 heterocycles. The Hall–Kier alpha value is -1.02. The van der Waals surface area contributed by atoms with Crippen LogP contribution >= 0.6 is 0 Å². The van der Waals surface area contributed by atoms with Gasteiger partial charge in [-0.1, -0.05) is 19.1 Å². The van der Waals surface area contributed by atoms with E-state index in [4.69, 9.17) is 5.11 Å². The molecule has 0 radical (unpaired) electrons. The molecule has 0 bridgehead atoms. The van der Waals surface area contributed by atoms with Gasteiger partial charge in [0.1, 0.15) is 0 Å². The van der Waals surface area contributed by atoms with Crippen LogP contribution in [0, 0.1) is 0 Å². The van der Waals surface area contributed by atoms with Crippen LogP contribution in [-0.2, 0) is 6.42 Å². The second-order valence-electron chi connectivity index (χ2n) is 3.87. The predicted molar refractivity (Wildman–Crippen MR) is 65.4 cm³/mol. The minimum Gasteiger partial charge on any atom is -0.396 e. The number of hydrogen-bond acceptors (Lipinski definition) is 2. The van der Waals surface area contributed by atoms with Crippen LogP contribution in [0.4, 0.5) is 5.69 Å². The van der Waals surface area contributed by atoms with Crippen molar-refractivity contribution in [3.8, 4) is 0 Å². The number of hydrogen-bond donors (Lipinski definition) is 1. The monoisotopic (exact) mass is 207 g/mol. The highest BCUT2D eigenvalue weighted by Gasteiger charge is 1.99. The predicted octanol–water partition coefficient (Wildman–Crippen LogP) is 2.46. The largest absolute Gasteiger partial charge is 0.396 e. The summed E-state index contributed by atoms with van der Waals surface area (Å²) in [6.07, 6.45) is 3.02. The zero-order valence-electron chi connectivity index (χ0n) is 9.74. The van der Waals surface area contributed by atoms with Gasteiger partial charge in [-0.25, -0.2) is 0 Å². The highest BCUT2D eigenvalue weighted by Crippen LogP contribution is 2.14. The van der Waals surface area contributed by atoms with Crippen molar-refractivity contribution in [2.24, 2.45) is 0 Å². The van der Waals surface area contributed by atoms with Gasteiger partial charge in [-0.05, 0) is 37.0 Å². The van der Waals surface area contributed by atoms with E-state index in [9.17, 15) is 0 Å². The minimum atomic E-state index is 0.294. The molecule has 84 valence electrons. The zero-order valence-corrected chi connectivity index (χ0v) is 9.74. The molecule has 0 aliphatic heterocycles. The van der Waals surface area contributed by atoms with Crippen molar-refractivity contribution in [3.05, 3.63) is 29.8 Å². The van der Waals surface area contributed by atoms with Crippen molar-refractivity contribution in [2.75, 3.05) is 25.1 Å². The van der Waals surface area contributed by atoms with Gasteiger partial charge in [-0.2, -0.15) is 0 Å². The Morgan fingerprint density at radius 2 is 1.80 bits per heavy atom. The lowest BCUT2D eigenvalue weighted by atomic mass is 10.1. The maximum absolute atomic E-state index is 8.70. The first-order valence-electron chi connectivity index (χ1n) is 5.69. The summed E-state index contributed by atoms with van der Waals surface area (Å²) in [5.74, 6) is 0. The molecule has 0 unspecified atom stereocenters. The SMILES string of the molecule is CCc1ccc(N(C)CCCCO)cc1. The van der Waals surface area contributed by atoms with E-state index in [1.807, 2.05) is 0 Å². The summed E-state index contributed by atoms with van der Waals surface area (Å²) in [4.78, 5) is 2.23. The van der Waals surface area contributed by atoms with Gasteiger partial charge in [-0.15, -0.1) is 0 Å². The molecule has 0 aliphatic rings. The lowest BCUT2D eigenvalue weighted by Crippen LogP contribution is -2.18. The van der Waals surface area contributed by atoms with Gasteiger partial charge in [0.25, 0.3) is 0 Å². The fourth-order valence-electron chi connectivity index (χ4n) is 1.58. The minimum absolute atomic E-state index is 0.294. The van der Waals surface area contributed by atoms with E-state index in [1.165, 1.54) is 11.3 Å². The van der Waals surface area contributed by atoms with Crippen LogP contribution in [-0.4, -0.2) is 25.3 Å². The molecular weight excluding hydrogens is 186 g/mol. The number of rotatable bonds is 6. The molecule has 1 aromatic carbocycles. The third-order valence-corrected chi connectivity index (χ3v) is 2.69. The summed E-state index contributed by atoms with van der Waals surface area (Å²) in [7, 11) is 2.10. The number of aliphatic hydroxyl groups excluding tert-OH is 1. The summed E-state index contributed by atoms with van der Waals surface area (Å²) in [6.45, 7) is 3.47. The fourth-order valence-corrected chi connectivity index (χ4v) is 1.58. The number of benzene rings is 1. The highest BCUT2D eigenvalue weighted by atomic mass is 16.2. The molecule has 0 amide bonds. The van der Waals surface area contributed by atoms with Crippen LogP contribution in [0.2, 0.25) is 0 Å². The van der Waals surface area contributed by atoms with Gasteiger partial charge >= 0.3 is 0 Å². The Balaban J connectivity index is 2.46. The van der Waals surface area contributed by atoms with E-state index in [0.717, 1.165) is 25.8 Å². The first-order chi connectivity index (χ1) is 7.27. The third kappa shape index (κ3) is 3.92. The molecular formula is C13H21NO. The van der Waals surface area contributed by atoms with E-state index in [-0.39, 0.29) is 0 Å². The standard InChI is InChI=1S/C13H21NO/c1-3-12-6-8-13(9-7-12)14(2)10-4-5-11-15/h6-9,15H,3-5,10-11H2,1-2H3. The number of anilines is 1. The van der Waals surface area contributed by atoms with Crippen LogP contribution in [0.3, 0.4) is 0 Å². The summed E-state index contributed by atoms with van der Waals surface area (Å²) >= 11 is 0. The van der Waals surface area contributed by atoms with E-state index < -0.39 is 0 Å². The van der Waals surface area contributed by atoms with Crippen molar-refractivity contribution in [3.63, 3.8) is 0 Å². The van der Waals surface area contributed by atoms with Gasteiger partial charge in [0, 0.05) is 25.9 Å². The molecule has 0 aromatic heterocycles. The molecule has 1 N–H and O–H groups in total. The average molecular weight is 207 g/mol. The number of aryl methyl sites for hydroxylation is 1. The third-order valence-electron chi connectivity index (χ3n) is 2.69. The molecule has 2 nitrogen and oxygen atoms in total. The summed E-state index contributed by atoms with van der Waals surface area (Å²) < 4.78 is 0. The summed E-state index contributed by atoms with van der Waals surface area (Å²) in [6, 6.07) is 8.69. The van der Waals surface area contributed by atoms with Crippen LogP contribution in [0.1, 0.15) is 25.3 Å². The van der Waals surface area contributed by atoms with Crippen molar-refractivity contribution in [1.82, 2.24) is 0 Å². The smallest absolute Gasteiger partial charge is 0.0431 e. The molecule has 2 heteroatoms. The first kappa shape index (κ1) is 12.1. The molecule has 0 saturated heterocycles. The molecule has 15 heavy (non-hydrogen) atoms. The number of nitrogens with zero attached hydrogens (tertiary/aromatic N) is 1. The van der Waals surface area contributed by atoms with Gasteiger partial charge in [0.2, 0.25) is 0 Å².